The van der Waals surface area contributed by atoms with E-state index in [-0.39, 0.29) is 4.90 Å². The van der Waals surface area contributed by atoms with Gasteiger partial charge in [-0.05, 0) is 49.3 Å². The molecular weight excluding hydrogens is 390 g/mol. The predicted octanol–water partition coefficient (Wildman–Crippen LogP) is 4.24. The normalized spacial score (nSPS) is 11.5. The lowest BCUT2D eigenvalue weighted by molar-refractivity contribution is 0.442. The van der Waals surface area contributed by atoms with Crippen LogP contribution in [0.4, 0.5) is 5.69 Å². The van der Waals surface area contributed by atoms with Crippen molar-refractivity contribution in [3.05, 3.63) is 59.7 Å². The number of sulfonamides is 1. The molecule has 7 heteroatoms. The van der Waals surface area contributed by atoms with Crippen LogP contribution in [-0.4, -0.2) is 42.4 Å². The first-order valence-electron chi connectivity index (χ1n) is 9.54. The number of aryl methyl sites for hydroxylation is 1. The largest absolute Gasteiger partial charge is 0.345 e. The minimum atomic E-state index is -3.51. The van der Waals surface area contributed by atoms with Crippen LogP contribution in [0.5, 0.6) is 0 Å². The van der Waals surface area contributed by atoms with Crippen LogP contribution in [0.25, 0.3) is 0 Å². The summed E-state index contributed by atoms with van der Waals surface area (Å²) in [5.41, 5.74) is 2.82. The molecule has 0 unspecified atom stereocenters. The Morgan fingerprint density at radius 1 is 1.00 bits per heavy atom. The van der Waals surface area contributed by atoms with E-state index in [9.17, 15) is 8.42 Å². The molecule has 2 aromatic rings. The van der Waals surface area contributed by atoms with E-state index in [0.717, 1.165) is 12.1 Å². The van der Waals surface area contributed by atoms with E-state index >= 15 is 0 Å². The molecule has 0 saturated carbocycles. The van der Waals surface area contributed by atoms with Crippen molar-refractivity contribution < 1.29 is 8.42 Å². The summed E-state index contributed by atoms with van der Waals surface area (Å²) < 4.78 is 27.1. The molecule has 0 aliphatic rings. The molecule has 1 N–H and O–H groups in total. The van der Waals surface area contributed by atoms with E-state index in [1.807, 2.05) is 52.0 Å². The van der Waals surface area contributed by atoms with Gasteiger partial charge in [0.15, 0.2) is 5.11 Å². The first-order valence-corrected chi connectivity index (χ1v) is 11.4. The lowest BCUT2D eigenvalue weighted by Crippen LogP contribution is -2.34. The van der Waals surface area contributed by atoms with Gasteiger partial charge >= 0.3 is 0 Å². The SMILES string of the molecule is CCN(Cc1ccccc1)C(=S)Nc1cc(S(=O)(=O)N(CC)CC)ccc1C. The first-order chi connectivity index (χ1) is 13.3. The monoisotopic (exact) mass is 419 g/mol. The number of thiocarbonyl (C=S) groups is 1. The quantitative estimate of drug-likeness (QED) is 0.649. The van der Waals surface area contributed by atoms with Gasteiger partial charge in [-0.1, -0.05) is 50.2 Å². The fourth-order valence-electron chi connectivity index (χ4n) is 2.93. The average molecular weight is 420 g/mol. The molecule has 0 heterocycles. The molecule has 152 valence electrons. The number of benzene rings is 2. The standard InChI is InChI=1S/C21H29N3O2S2/c1-5-23(16-18-11-9-8-10-12-18)21(27)22-20-15-19(14-13-17(20)4)28(25,26)24(6-2)7-3/h8-15H,5-7,16H2,1-4H3,(H,22,27). The first kappa shape index (κ1) is 22.3. The number of hydrogen-bond donors (Lipinski definition) is 1. The van der Waals surface area contributed by atoms with E-state index in [1.165, 1.54) is 9.87 Å². The maximum Gasteiger partial charge on any atom is 0.243 e. The highest BCUT2D eigenvalue weighted by atomic mass is 32.2. The maximum atomic E-state index is 12.8. The van der Waals surface area contributed by atoms with E-state index < -0.39 is 10.0 Å². The fraction of sp³-hybridized carbons (Fsp3) is 0.381. The lowest BCUT2D eigenvalue weighted by Gasteiger charge is -2.25. The molecule has 2 aromatic carbocycles. The van der Waals surface area contributed by atoms with E-state index in [4.69, 9.17) is 12.2 Å². The molecule has 28 heavy (non-hydrogen) atoms. The fourth-order valence-corrected chi connectivity index (χ4v) is 4.72. The number of hydrogen-bond acceptors (Lipinski definition) is 3. The Morgan fingerprint density at radius 2 is 1.64 bits per heavy atom. The van der Waals surface area contributed by atoms with Crippen molar-refractivity contribution in [1.82, 2.24) is 9.21 Å². The van der Waals surface area contributed by atoms with Gasteiger partial charge in [0, 0.05) is 31.9 Å². The topological polar surface area (TPSA) is 52.7 Å². The molecular formula is C21H29N3O2S2. The molecule has 0 aliphatic heterocycles. The van der Waals surface area contributed by atoms with Crippen LogP contribution >= 0.6 is 12.2 Å². The molecule has 0 bridgehead atoms. The highest BCUT2D eigenvalue weighted by Crippen LogP contribution is 2.23. The Balaban J connectivity index is 2.24. The zero-order valence-electron chi connectivity index (χ0n) is 17.0. The number of nitrogens with zero attached hydrogens (tertiary/aromatic N) is 2. The highest BCUT2D eigenvalue weighted by Gasteiger charge is 2.22. The molecule has 0 spiro atoms. The van der Waals surface area contributed by atoms with Crippen molar-refractivity contribution in [2.24, 2.45) is 0 Å². The molecule has 0 aromatic heterocycles. The minimum absolute atomic E-state index is 0.276. The van der Waals surface area contributed by atoms with Crippen molar-refractivity contribution in [3.8, 4) is 0 Å². The number of rotatable bonds is 8. The lowest BCUT2D eigenvalue weighted by atomic mass is 10.2. The summed E-state index contributed by atoms with van der Waals surface area (Å²) in [6.45, 7) is 9.98. The zero-order valence-corrected chi connectivity index (χ0v) is 18.6. The van der Waals surface area contributed by atoms with Gasteiger partial charge in [-0.3, -0.25) is 0 Å². The zero-order chi connectivity index (χ0) is 20.7. The van der Waals surface area contributed by atoms with Crippen molar-refractivity contribution in [1.29, 1.82) is 0 Å². The summed E-state index contributed by atoms with van der Waals surface area (Å²) in [5.74, 6) is 0. The van der Waals surface area contributed by atoms with E-state index in [2.05, 4.69) is 22.3 Å². The van der Waals surface area contributed by atoms with Gasteiger partial charge in [-0.2, -0.15) is 4.31 Å². The van der Waals surface area contributed by atoms with Crippen LogP contribution in [0, 0.1) is 6.92 Å². The van der Waals surface area contributed by atoms with E-state index in [1.54, 1.807) is 12.1 Å². The van der Waals surface area contributed by atoms with E-state index in [0.29, 0.717) is 30.4 Å². The summed E-state index contributed by atoms with van der Waals surface area (Å²) in [7, 11) is -3.51. The van der Waals surface area contributed by atoms with Gasteiger partial charge in [-0.15, -0.1) is 0 Å². The van der Waals surface area contributed by atoms with Crippen LogP contribution in [0.2, 0.25) is 0 Å². The minimum Gasteiger partial charge on any atom is -0.345 e. The number of nitrogens with one attached hydrogen (secondary N) is 1. The Kier molecular flexibility index (Phi) is 7.98. The molecule has 0 saturated heterocycles. The highest BCUT2D eigenvalue weighted by molar-refractivity contribution is 7.89. The third-order valence-corrected chi connectivity index (χ3v) is 7.09. The van der Waals surface area contributed by atoms with Crippen molar-refractivity contribution in [2.75, 3.05) is 25.0 Å². The molecule has 0 atom stereocenters. The Labute approximate surface area is 174 Å². The van der Waals surface area contributed by atoms with Crippen molar-refractivity contribution in [3.63, 3.8) is 0 Å². The Hall–Kier alpha value is -1.96. The van der Waals surface area contributed by atoms with Crippen molar-refractivity contribution >= 4 is 33.0 Å². The van der Waals surface area contributed by atoms with Gasteiger partial charge in [0.1, 0.15) is 0 Å². The smallest absolute Gasteiger partial charge is 0.243 e. The molecule has 5 nitrogen and oxygen atoms in total. The van der Waals surface area contributed by atoms with Gasteiger partial charge in [-0.25, -0.2) is 8.42 Å². The molecule has 0 radical (unpaired) electrons. The summed E-state index contributed by atoms with van der Waals surface area (Å²) in [6, 6.07) is 15.3. The van der Waals surface area contributed by atoms with Crippen molar-refractivity contribution in [2.45, 2.75) is 39.1 Å². The predicted molar refractivity (Wildman–Crippen MR) is 120 cm³/mol. The molecule has 0 amide bonds. The van der Waals surface area contributed by atoms with Gasteiger partial charge in [0.25, 0.3) is 0 Å². The van der Waals surface area contributed by atoms with Gasteiger partial charge in [0.2, 0.25) is 10.0 Å². The summed E-state index contributed by atoms with van der Waals surface area (Å²) in [5, 5.41) is 3.82. The summed E-state index contributed by atoms with van der Waals surface area (Å²) in [4.78, 5) is 2.33. The molecule has 0 aliphatic carbocycles. The third-order valence-electron chi connectivity index (χ3n) is 4.68. The van der Waals surface area contributed by atoms with Crippen LogP contribution in [0.3, 0.4) is 0 Å². The molecule has 2 rings (SSSR count). The van der Waals surface area contributed by atoms with Gasteiger partial charge < -0.3 is 10.2 Å². The second-order valence-electron chi connectivity index (χ2n) is 6.50. The van der Waals surface area contributed by atoms with Gasteiger partial charge in [0.05, 0.1) is 4.90 Å². The van der Waals surface area contributed by atoms with Crippen LogP contribution in [-0.2, 0) is 16.6 Å². The second kappa shape index (κ2) is 10.0. The Morgan fingerprint density at radius 3 is 2.21 bits per heavy atom. The number of anilines is 1. The summed E-state index contributed by atoms with van der Waals surface area (Å²) >= 11 is 5.60. The second-order valence-corrected chi connectivity index (χ2v) is 8.82. The van der Waals surface area contributed by atoms with Crippen LogP contribution in [0.1, 0.15) is 31.9 Å². The maximum absolute atomic E-state index is 12.8. The van der Waals surface area contributed by atoms with Crippen LogP contribution < -0.4 is 5.32 Å². The third kappa shape index (κ3) is 5.31. The Bertz CT molecular complexity index is 895. The summed E-state index contributed by atoms with van der Waals surface area (Å²) in [6.07, 6.45) is 0. The van der Waals surface area contributed by atoms with Crippen LogP contribution in [0.15, 0.2) is 53.4 Å². The average Bonchev–Trinajstić information content (AvgIpc) is 2.69. The molecule has 0 fully saturated rings.